The normalized spacial score (nSPS) is 17.3. The van der Waals surface area contributed by atoms with Crippen LogP contribution in [-0.2, 0) is 0 Å². The van der Waals surface area contributed by atoms with Crippen molar-refractivity contribution < 1.29 is 23.8 Å². The average Bonchev–Trinajstić information content (AvgIpc) is 2.74. The van der Waals surface area contributed by atoms with Gasteiger partial charge < -0.3 is 19.1 Å². The fraction of sp³-hybridized carbons (Fsp3) is 0.364. The van der Waals surface area contributed by atoms with E-state index in [1.54, 1.807) is 35.2 Å². The molecule has 2 aromatic rings. The second kappa shape index (κ2) is 8.00. The maximum atomic E-state index is 13.2. The molecular weight excluding hydrogens is 429 g/mol. The third-order valence-electron chi connectivity index (χ3n) is 5.71. The van der Waals surface area contributed by atoms with Gasteiger partial charge in [0.15, 0.2) is 5.78 Å². The molecule has 8 heteroatoms. The Bertz CT molecular complexity index is 993. The molecule has 2 heterocycles. The summed E-state index contributed by atoms with van der Waals surface area (Å²) >= 11 is 12.3. The van der Waals surface area contributed by atoms with Crippen LogP contribution < -0.4 is 14.2 Å². The second-order valence-corrected chi connectivity index (χ2v) is 8.32. The quantitative estimate of drug-likeness (QED) is 0.681. The number of hydrogen-bond donors (Lipinski definition) is 0. The number of nitrogens with zero attached hydrogens (tertiary/aromatic N) is 1. The van der Waals surface area contributed by atoms with E-state index in [2.05, 4.69) is 0 Å². The molecule has 2 aromatic carbocycles. The Morgan fingerprint density at radius 3 is 2.33 bits per heavy atom. The van der Waals surface area contributed by atoms with Gasteiger partial charge in [-0.25, -0.2) is 0 Å². The number of ether oxygens (including phenoxy) is 3. The van der Waals surface area contributed by atoms with Crippen molar-refractivity contribution in [3.8, 4) is 17.2 Å². The topological polar surface area (TPSA) is 65.1 Å². The number of rotatable bonds is 3. The number of ketones is 1. The van der Waals surface area contributed by atoms with Crippen molar-refractivity contribution in [1.29, 1.82) is 0 Å². The summed E-state index contributed by atoms with van der Waals surface area (Å²) in [5, 5.41) is 0.722. The molecule has 2 aliphatic heterocycles. The van der Waals surface area contributed by atoms with E-state index < -0.39 is 5.60 Å². The number of hydrogen-bond acceptors (Lipinski definition) is 5. The molecule has 30 heavy (non-hydrogen) atoms. The maximum Gasteiger partial charge on any atom is 0.261 e. The zero-order valence-corrected chi connectivity index (χ0v) is 18.2. The molecular formula is C22H21Cl2NO5. The largest absolute Gasteiger partial charge is 0.496 e. The minimum Gasteiger partial charge on any atom is -0.496 e. The summed E-state index contributed by atoms with van der Waals surface area (Å²) in [5.41, 5.74) is 0.126. The van der Waals surface area contributed by atoms with Gasteiger partial charge in [0.1, 0.15) is 28.4 Å². The maximum absolute atomic E-state index is 13.2. The molecule has 1 amide bonds. The Kier molecular flexibility index (Phi) is 5.55. The van der Waals surface area contributed by atoms with Crippen molar-refractivity contribution in [3.05, 3.63) is 51.5 Å². The monoisotopic (exact) mass is 449 g/mol. The van der Waals surface area contributed by atoms with Gasteiger partial charge in [0.2, 0.25) is 0 Å². The highest BCUT2D eigenvalue weighted by atomic mass is 35.5. The molecule has 1 spiro atoms. The lowest BCUT2D eigenvalue weighted by atomic mass is 9.82. The summed E-state index contributed by atoms with van der Waals surface area (Å²) in [7, 11) is 3.04. The molecule has 6 nitrogen and oxygen atoms in total. The van der Waals surface area contributed by atoms with Gasteiger partial charge in [0.25, 0.3) is 5.91 Å². The zero-order chi connectivity index (χ0) is 21.5. The van der Waals surface area contributed by atoms with Crippen LogP contribution in [0.5, 0.6) is 17.2 Å². The van der Waals surface area contributed by atoms with Crippen molar-refractivity contribution in [3.63, 3.8) is 0 Å². The second-order valence-electron chi connectivity index (χ2n) is 7.48. The van der Waals surface area contributed by atoms with Crippen LogP contribution in [0, 0.1) is 0 Å². The zero-order valence-electron chi connectivity index (χ0n) is 16.7. The minimum absolute atomic E-state index is 0.0492. The molecule has 4 rings (SSSR count). The van der Waals surface area contributed by atoms with E-state index >= 15 is 0 Å². The van der Waals surface area contributed by atoms with Gasteiger partial charge in [-0.05, 0) is 24.3 Å². The molecule has 0 aliphatic carbocycles. The van der Waals surface area contributed by atoms with Gasteiger partial charge in [-0.15, -0.1) is 0 Å². The van der Waals surface area contributed by atoms with E-state index in [0.29, 0.717) is 64.4 Å². The fourth-order valence-corrected chi connectivity index (χ4v) is 4.66. The standard InChI is InChI=1S/C22H21Cl2NO5/c1-28-17-4-3-5-18(29-2)19(17)21(27)25-8-6-22(7-9-25)12-16(26)14-10-13(23)11-15(24)20(14)30-22/h3-5,10-11H,6-9,12H2,1-2H3. The van der Waals surface area contributed by atoms with Crippen molar-refractivity contribution in [2.75, 3.05) is 27.3 Å². The van der Waals surface area contributed by atoms with Crippen molar-refractivity contribution in [1.82, 2.24) is 4.90 Å². The van der Waals surface area contributed by atoms with E-state index in [-0.39, 0.29) is 18.1 Å². The molecule has 0 unspecified atom stereocenters. The number of piperidine rings is 1. The molecule has 1 fully saturated rings. The number of likely N-dealkylation sites (tertiary alicyclic amines) is 1. The summed E-state index contributed by atoms with van der Waals surface area (Å²) in [6.45, 7) is 0.877. The lowest BCUT2D eigenvalue weighted by molar-refractivity contribution is -0.00575. The molecule has 158 valence electrons. The smallest absolute Gasteiger partial charge is 0.261 e. The number of carbonyl (C=O) groups is 2. The first-order chi connectivity index (χ1) is 14.4. The molecule has 0 saturated carbocycles. The third-order valence-corrected chi connectivity index (χ3v) is 6.21. The molecule has 0 bridgehead atoms. The van der Waals surface area contributed by atoms with Gasteiger partial charge in [0, 0.05) is 31.0 Å². The van der Waals surface area contributed by atoms with E-state index in [1.165, 1.54) is 14.2 Å². The van der Waals surface area contributed by atoms with Crippen molar-refractivity contribution in [2.45, 2.75) is 24.9 Å². The van der Waals surface area contributed by atoms with Gasteiger partial charge in [-0.3, -0.25) is 9.59 Å². The van der Waals surface area contributed by atoms with Gasteiger partial charge in [-0.2, -0.15) is 0 Å². The van der Waals surface area contributed by atoms with Gasteiger partial charge >= 0.3 is 0 Å². The number of fused-ring (bicyclic) bond motifs is 1. The van der Waals surface area contributed by atoms with Gasteiger partial charge in [0.05, 0.1) is 31.2 Å². The molecule has 0 aromatic heterocycles. The van der Waals surface area contributed by atoms with Crippen LogP contribution in [0.2, 0.25) is 10.0 Å². The number of benzene rings is 2. The average molecular weight is 450 g/mol. The minimum atomic E-state index is -0.677. The Morgan fingerprint density at radius 1 is 1.10 bits per heavy atom. The van der Waals surface area contributed by atoms with Crippen molar-refractivity contribution >= 4 is 34.9 Å². The summed E-state index contributed by atoms with van der Waals surface area (Å²) in [6, 6.07) is 8.39. The first-order valence-corrected chi connectivity index (χ1v) is 10.3. The highest BCUT2D eigenvalue weighted by Crippen LogP contribution is 2.44. The van der Waals surface area contributed by atoms with Crippen LogP contribution in [-0.4, -0.2) is 49.5 Å². The molecule has 0 atom stereocenters. The van der Waals surface area contributed by atoms with Crippen LogP contribution in [0.15, 0.2) is 30.3 Å². The third kappa shape index (κ3) is 3.59. The number of methoxy groups -OCH3 is 2. The van der Waals surface area contributed by atoms with Crippen LogP contribution in [0.4, 0.5) is 0 Å². The summed E-state index contributed by atoms with van der Waals surface area (Å²) in [5.74, 6) is 1.07. The summed E-state index contributed by atoms with van der Waals surface area (Å²) in [4.78, 5) is 27.7. The van der Waals surface area contributed by atoms with Gasteiger partial charge in [-0.1, -0.05) is 29.3 Å². The number of amides is 1. The molecule has 0 radical (unpaired) electrons. The van der Waals surface area contributed by atoms with E-state index in [9.17, 15) is 9.59 Å². The Hall–Kier alpha value is -2.44. The highest BCUT2D eigenvalue weighted by Gasteiger charge is 2.45. The molecule has 0 N–H and O–H groups in total. The van der Waals surface area contributed by atoms with E-state index in [0.717, 1.165) is 0 Å². The molecule has 1 saturated heterocycles. The summed E-state index contributed by atoms with van der Waals surface area (Å²) in [6.07, 6.45) is 1.26. The lowest BCUT2D eigenvalue weighted by Crippen LogP contribution is -2.52. The predicted octanol–water partition coefficient (Wildman–Crippen LogP) is 4.65. The van der Waals surface area contributed by atoms with Crippen molar-refractivity contribution in [2.24, 2.45) is 0 Å². The van der Waals surface area contributed by atoms with Crippen LogP contribution in [0.3, 0.4) is 0 Å². The first kappa shape index (κ1) is 20.8. The van der Waals surface area contributed by atoms with Crippen LogP contribution in [0.1, 0.15) is 40.0 Å². The number of carbonyl (C=O) groups excluding carboxylic acids is 2. The first-order valence-electron chi connectivity index (χ1n) is 9.59. The van der Waals surface area contributed by atoms with Crippen LogP contribution in [0.25, 0.3) is 0 Å². The SMILES string of the molecule is COc1cccc(OC)c1C(=O)N1CCC2(CC1)CC(=O)c1cc(Cl)cc(Cl)c1O2. The predicted molar refractivity (Wildman–Crippen MR) is 113 cm³/mol. The van der Waals surface area contributed by atoms with E-state index in [1.807, 2.05) is 0 Å². The number of halogens is 2. The Morgan fingerprint density at radius 2 is 1.73 bits per heavy atom. The Balaban J connectivity index is 1.55. The van der Waals surface area contributed by atoms with Crippen LogP contribution >= 0.6 is 23.2 Å². The number of Topliss-reactive ketones (excluding diaryl/α,β-unsaturated/α-hetero) is 1. The fourth-order valence-electron chi connectivity index (χ4n) is 4.13. The summed E-state index contributed by atoms with van der Waals surface area (Å²) < 4.78 is 17.0. The Labute approximate surface area is 184 Å². The lowest BCUT2D eigenvalue weighted by Gasteiger charge is -2.44. The molecule has 2 aliphatic rings. The highest BCUT2D eigenvalue weighted by molar-refractivity contribution is 6.36. The van der Waals surface area contributed by atoms with E-state index in [4.69, 9.17) is 37.4 Å².